The fraction of sp³-hybridized carbons (Fsp3) is 0.385. The van der Waals surface area contributed by atoms with Gasteiger partial charge in [0.05, 0.1) is 20.3 Å². The van der Waals surface area contributed by atoms with Gasteiger partial charge in [-0.05, 0) is 54.7 Å². The van der Waals surface area contributed by atoms with Gasteiger partial charge in [-0.25, -0.2) is 4.79 Å². The third-order valence-electron chi connectivity index (χ3n) is 5.91. The Morgan fingerprint density at radius 1 is 0.875 bits per heavy atom. The maximum Gasteiger partial charge on any atom is 0.326 e. The molecule has 0 spiro atoms. The molecule has 218 valence electrons. The molecule has 14 nitrogen and oxygen atoms in total. The van der Waals surface area contributed by atoms with Gasteiger partial charge >= 0.3 is 5.97 Å². The molecule has 2 amide bonds. The molecule has 0 radical (unpaired) electrons. The van der Waals surface area contributed by atoms with E-state index < -0.39 is 41.7 Å². The van der Waals surface area contributed by atoms with Crippen molar-refractivity contribution < 1.29 is 39.2 Å². The van der Waals surface area contributed by atoms with Crippen molar-refractivity contribution in [3.63, 3.8) is 0 Å². The molecule has 0 saturated heterocycles. The van der Waals surface area contributed by atoms with Gasteiger partial charge in [0.25, 0.3) is 0 Å². The summed E-state index contributed by atoms with van der Waals surface area (Å²) in [4.78, 5) is 41.8. The Balaban J connectivity index is 2.15. The van der Waals surface area contributed by atoms with E-state index in [0.29, 0.717) is 29.0 Å². The van der Waals surface area contributed by atoms with Gasteiger partial charge in [0.15, 0.2) is 29.0 Å². The highest BCUT2D eigenvalue weighted by molar-refractivity contribution is 5.92. The van der Waals surface area contributed by atoms with Crippen molar-refractivity contribution in [2.45, 2.75) is 43.8 Å². The molecule has 0 aromatic heterocycles. The molecule has 11 N–H and O–H groups in total. The van der Waals surface area contributed by atoms with E-state index in [2.05, 4.69) is 15.6 Å². The number of hydrogen-bond donors (Lipinski definition) is 8. The fourth-order valence-electron chi connectivity index (χ4n) is 3.81. The number of ether oxygens (including phenoxy) is 2. The van der Waals surface area contributed by atoms with Gasteiger partial charge in [0.1, 0.15) is 12.1 Å². The Labute approximate surface area is 231 Å². The fourth-order valence-corrected chi connectivity index (χ4v) is 3.81. The summed E-state index contributed by atoms with van der Waals surface area (Å²) in [5.74, 6) is -2.68. The first kappa shape index (κ1) is 31.5. The van der Waals surface area contributed by atoms with Gasteiger partial charge in [-0.2, -0.15) is 0 Å². The molecule has 3 atom stereocenters. The second-order valence-corrected chi connectivity index (χ2v) is 8.94. The first-order valence-corrected chi connectivity index (χ1v) is 12.3. The Hall–Kier alpha value is -4.72. The minimum absolute atomic E-state index is 0.0871. The molecule has 0 heterocycles. The minimum Gasteiger partial charge on any atom is -0.504 e. The van der Waals surface area contributed by atoms with Crippen molar-refractivity contribution in [2.24, 2.45) is 22.2 Å². The van der Waals surface area contributed by atoms with E-state index in [1.807, 2.05) is 0 Å². The summed E-state index contributed by atoms with van der Waals surface area (Å²) in [5, 5.41) is 33.9. The van der Waals surface area contributed by atoms with Crippen molar-refractivity contribution >= 4 is 23.7 Å². The van der Waals surface area contributed by atoms with Crippen LogP contribution in [0.3, 0.4) is 0 Å². The van der Waals surface area contributed by atoms with Gasteiger partial charge in [0, 0.05) is 13.0 Å². The normalized spacial score (nSPS) is 12.9. The third-order valence-corrected chi connectivity index (χ3v) is 5.91. The SMILES string of the molecule is COc1ccc(C[C@H](N)C(=O)N[C@H](CCCN=C(N)N)C(=O)N[C@@H](Cc2ccc(O)c(O)c2)C(=O)O)cc1OC. The highest BCUT2D eigenvalue weighted by Gasteiger charge is 2.28. The van der Waals surface area contributed by atoms with Crippen molar-refractivity contribution in [3.8, 4) is 23.0 Å². The number of guanidine groups is 1. The average molecular weight is 561 g/mol. The standard InChI is InChI=1S/C26H36N6O8/c1-39-21-8-6-14(13-22(21)40-2)10-16(27)23(35)31-17(4-3-9-30-26(28)29)24(36)32-18(25(37)38)11-15-5-7-19(33)20(34)12-15/h5-8,12-13,16-18,33-34H,3-4,9-11,27H2,1-2H3,(H,31,35)(H,32,36)(H,37,38)(H4,28,29,30)/t16-,17+,18-/m0/s1. The van der Waals surface area contributed by atoms with Crippen molar-refractivity contribution in [3.05, 3.63) is 47.5 Å². The number of nitrogens with one attached hydrogen (secondary N) is 2. The third kappa shape index (κ3) is 9.54. The number of nitrogens with two attached hydrogens (primary N) is 3. The number of nitrogens with zero attached hydrogens (tertiary/aromatic N) is 1. The van der Waals surface area contributed by atoms with E-state index in [1.165, 1.54) is 32.4 Å². The molecule has 0 aliphatic rings. The molecular weight excluding hydrogens is 524 g/mol. The van der Waals surface area contributed by atoms with E-state index >= 15 is 0 Å². The molecule has 0 saturated carbocycles. The topological polar surface area (TPSA) is 245 Å². The zero-order valence-electron chi connectivity index (χ0n) is 22.3. The Morgan fingerprint density at radius 3 is 2.10 bits per heavy atom. The lowest BCUT2D eigenvalue weighted by molar-refractivity contribution is -0.142. The van der Waals surface area contributed by atoms with Crippen LogP contribution in [0.2, 0.25) is 0 Å². The first-order valence-electron chi connectivity index (χ1n) is 12.3. The van der Waals surface area contributed by atoms with E-state index in [9.17, 15) is 29.7 Å². The number of phenolic OH excluding ortho intramolecular Hbond substituents is 2. The van der Waals surface area contributed by atoms with Crippen LogP contribution in [0.1, 0.15) is 24.0 Å². The number of carboxylic acids is 1. The summed E-state index contributed by atoms with van der Waals surface area (Å²) in [6, 6.07) is 5.33. The van der Waals surface area contributed by atoms with Crippen LogP contribution in [0, 0.1) is 0 Å². The molecule has 0 aliphatic carbocycles. The van der Waals surface area contributed by atoms with E-state index in [1.54, 1.807) is 18.2 Å². The number of benzene rings is 2. The van der Waals surface area contributed by atoms with E-state index in [-0.39, 0.29) is 37.5 Å². The molecule has 2 aromatic carbocycles. The smallest absolute Gasteiger partial charge is 0.326 e. The number of amides is 2. The van der Waals surface area contributed by atoms with Gasteiger partial charge in [-0.3, -0.25) is 14.6 Å². The summed E-state index contributed by atoms with van der Waals surface area (Å²) >= 11 is 0. The molecular formula is C26H36N6O8. The summed E-state index contributed by atoms with van der Waals surface area (Å²) < 4.78 is 10.5. The molecule has 0 fully saturated rings. The van der Waals surface area contributed by atoms with Crippen LogP contribution in [0.5, 0.6) is 23.0 Å². The largest absolute Gasteiger partial charge is 0.504 e. The minimum atomic E-state index is -1.39. The highest BCUT2D eigenvalue weighted by Crippen LogP contribution is 2.28. The van der Waals surface area contributed by atoms with Crippen LogP contribution >= 0.6 is 0 Å². The zero-order chi connectivity index (χ0) is 29.8. The second-order valence-electron chi connectivity index (χ2n) is 8.94. The number of carboxylic acid groups (broad SMARTS) is 1. The van der Waals surface area contributed by atoms with Crippen LogP contribution in [-0.4, -0.2) is 78.0 Å². The molecule has 2 aromatic rings. The number of aliphatic carboxylic acids is 1. The Bertz CT molecular complexity index is 1220. The van der Waals surface area contributed by atoms with Crippen molar-refractivity contribution in [1.29, 1.82) is 0 Å². The number of phenols is 2. The van der Waals surface area contributed by atoms with E-state index in [0.717, 1.165) is 0 Å². The number of carbonyl (C=O) groups is 3. The predicted octanol–water partition coefficient (Wildman–Crippen LogP) is -0.665. The van der Waals surface area contributed by atoms with Crippen molar-refractivity contribution in [1.82, 2.24) is 10.6 Å². The maximum atomic E-state index is 13.1. The van der Waals surface area contributed by atoms with Crippen LogP contribution < -0.4 is 37.3 Å². The van der Waals surface area contributed by atoms with Gasteiger partial charge < -0.3 is 52.6 Å². The number of rotatable bonds is 15. The number of aliphatic imine (C=N–C) groups is 1. The molecule has 0 aliphatic heterocycles. The summed E-state index contributed by atoms with van der Waals surface area (Å²) in [7, 11) is 2.98. The van der Waals surface area contributed by atoms with Gasteiger partial charge in [-0.15, -0.1) is 0 Å². The second kappa shape index (κ2) is 15.0. The van der Waals surface area contributed by atoms with Crippen LogP contribution in [0.15, 0.2) is 41.4 Å². The zero-order valence-corrected chi connectivity index (χ0v) is 22.3. The van der Waals surface area contributed by atoms with Gasteiger partial charge in [-0.1, -0.05) is 12.1 Å². The lowest BCUT2D eigenvalue weighted by Crippen LogP contribution is -2.55. The molecule has 14 heteroatoms. The number of aromatic hydroxyl groups is 2. The summed E-state index contributed by atoms with van der Waals surface area (Å²) in [6.45, 7) is 0.175. The lowest BCUT2D eigenvalue weighted by atomic mass is 10.0. The Morgan fingerprint density at radius 2 is 1.50 bits per heavy atom. The van der Waals surface area contributed by atoms with Crippen LogP contribution in [0.4, 0.5) is 0 Å². The van der Waals surface area contributed by atoms with Crippen LogP contribution in [-0.2, 0) is 27.2 Å². The van der Waals surface area contributed by atoms with Crippen molar-refractivity contribution in [2.75, 3.05) is 20.8 Å². The van der Waals surface area contributed by atoms with Crippen LogP contribution in [0.25, 0.3) is 0 Å². The summed E-state index contributed by atoms with van der Waals surface area (Å²) in [5.41, 5.74) is 17.9. The highest BCUT2D eigenvalue weighted by atomic mass is 16.5. The predicted molar refractivity (Wildman–Crippen MR) is 146 cm³/mol. The quantitative estimate of drug-likeness (QED) is 0.0587. The molecule has 0 unspecified atom stereocenters. The van der Waals surface area contributed by atoms with Gasteiger partial charge in [0.2, 0.25) is 11.8 Å². The first-order chi connectivity index (χ1) is 18.9. The molecule has 40 heavy (non-hydrogen) atoms. The molecule has 0 bridgehead atoms. The Kier molecular flexibility index (Phi) is 11.8. The molecule has 2 rings (SSSR count). The lowest BCUT2D eigenvalue weighted by Gasteiger charge is -2.23. The maximum absolute atomic E-state index is 13.1. The summed E-state index contributed by atoms with van der Waals surface area (Å²) in [6.07, 6.45) is 0.313. The van der Waals surface area contributed by atoms with E-state index in [4.69, 9.17) is 26.7 Å². The number of hydrogen-bond acceptors (Lipinski definition) is 9. The average Bonchev–Trinajstić information content (AvgIpc) is 2.91. The number of methoxy groups -OCH3 is 2. The number of carbonyl (C=O) groups excluding carboxylic acids is 2. The monoisotopic (exact) mass is 560 g/mol.